The van der Waals surface area contributed by atoms with Crippen LogP contribution in [0.1, 0.15) is 45.5 Å². The summed E-state index contributed by atoms with van der Waals surface area (Å²) in [6.45, 7) is 0.246. The summed E-state index contributed by atoms with van der Waals surface area (Å²) in [5.74, 6) is -1.20. The van der Waals surface area contributed by atoms with E-state index >= 15 is 0 Å². The number of aliphatic hydroxyl groups excluding tert-OH is 2. The van der Waals surface area contributed by atoms with Gasteiger partial charge in [0.15, 0.2) is 0 Å². The molecule has 2 unspecified atom stereocenters. The molecule has 0 heterocycles. The zero-order valence-corrected chi connectivity index (χ0v) is 18.9. The highest BCUT2D eigenvalue weighted by Gasteiger charge is 2.29. The summed E-state index contributed by atoms with van der Waals surface area (Å²) in [5.41, 5.74) is 4.69. The highest BCUT2D eigenvalue weighted by molar-refractivity contribution is 6.31. The standard InChI is InChI=1S/C26H24ClNO6/c27-22-13-15(25(31)32)9-10-20(22)24(30)23(29)11-12-28-26(33)34-14-21-18-7-3-1-5-16(18)17-6-2-4-8-19(17)21/h1-10,13,21,23-24,29-30H,11-12,14H2,(H,28,33)(H,31,32). The van der Waals surface area contributed by atoms with E-state index in [0.29, 0.717) is 0 Å². The second-order valence-corrected chi connectivity index (χ2v) is 8.50. The van der Waals surface area contributed by atoms with E-state index in [9.17, 15) is 19.8 Å². The molecule has 1 aliphatic rings. The van der Waals surface area contributed by atoms with Crippen molar-refractivity contribution in [1.29, 1.82) is 0 Å². The van der Waals surface area contributed by atoms with Gasteiger partial charge in [0.2, 0.25) is 0 Å². The van der Waals surface area contributed by atoms with Crippen molar-refractivity contribution >= 4 is 23.7 Å². The number of amides is 1. The number of aromatic carboxylic acids is 1. The Hall–Kier alpha value is -3.39. The van der Waals surface area contributed by atoms with E-state index < -0.39 is 24.3 Å². The Bertz CT molecular complexity index is 1170. The van der Waals surface area contributed by atoms with Crippen LogP contribution in [0.4, 0.5) is 4.79 Å². The molecule has 0 fully saturated rings. The maximum Gasteiger partial charge on any atom is 0.407 e. The van der Waals surface area contributed by atoms with E-state index in [4.69, 9.17) is 21.4 Å². The van der Waals surface area contributed by atoms with Crippen molar-refractivity contribution in [3.05, 3.63) is 94.0 Å². The lowest BCUT2D eigenvalue weighted by Crippen LogP contribution is -2.30. The number of carbonyl (C=O) groups is 2. The number of nitrogens with one attached hydrogen (secondary N) is 1. The molecule has 0 aromatic heterocycles. The molecule has 34 heavy (non-hydrogen) atoms. The van der Waals surface area contributed by atoms with E-state index in [-0.39, 0.29) is 41.6 Å². The van der Waals surface area contributed by atoms with Gasteiger partial charge in [0, 0.05) is 23.0 Å². The largest absolute Gasteiger partial charge is 0.478 e. The SMILES string of the molecule is O=C(NCCC(O)C(O)c1ccc(C(=O)O)cc1Cl)OCC1c2ccccc2-c2ccccc21. The van der Waals surface area contributed by atoms with Gasteiger partial charge in [-0.25, -0.2) is 9.59 Å². The second kappa shape index (κ2) is 10.3. The third-order valence-electron chi connectivity index (χ3n) is 5.98. The first-order valence-corrected chi connectivity index (χ1v) is 11.2. The van der Waals surface area contributed by atoms with Gasteiger partial charge in [-0.1, -0.05) is 66.2 Å². The predicted molar refractivity (Wildman–Crippen MR) is 127 cm³/mol. The van der Waals surface area contributed by atoms with Crippen LogP contribution in [0.5, 0.6) is 0 Å². The van der Waals surface area contributed by atoms with Crippen LogP contribution in [0, 0.1) is 0 Å². The van der Waals surface area contributed by atoms with Gasteiger partial charge in [0.05, 0.1) is 11.7 Å². The minimum atomic E-state index is -1.33. The third kappa shape index (κ3) is 4.92. The van der Waals surface area contributed by atoms with Crippen LogP contribution in [0.25, 0.3) is 11.1 Å². The Kier molecular flexibility index (Phi) is 7.17. The summed E-state index contributed by atoms with van der Waals surface area (Å²) in [4.78, 5) is 23.3. The highest BCUT2D eigenvalue weighted by Crippen LogP contribution is 2.44. The van der Waals surface area contributed by atoms with Gasteiger partial charge in [-0.2, -0.15) is 0 Å². The minimum Gasteiger partial charge on any atom is -0.478 e. The van der Waals surface area contributed by atoms with Gasteiger partial charge in [-0.05, 0) is 40.8 Å². The van der Waals surface area contributed by atoms with Gasteiger partial charge < -0.3 is 25.4 Å². The Morgan fingerprint density at radius 1 is 0.971 bits per heavy atom. The number of hydrogen-bond acceptors (Lipinski definition) is 5. The zero-order chi connectivity index (χ0) is 24.2. The topological polar surface area (TPSA) is 116 Å². The van der Waals surface area contributed by atoms with E-state index in [1.165, 1.54) is 18.2 Å². The van der Waals surface area contributed by atoms with Gasteiger partial charge in [-0.3, -0.25) is 0 Å². The van der Waals surface area contributed by atoms with Crippen molar-refractivity contribution in [1.82, 2.24) is 5.32 Å². The summed E-state index contributed by atoms with van der Waals surface area (Å²) in [7, 11) is 0. The predicted octanol–water partition coefficient (Wildman–Crippen LogP) is 4.36. The number of carbonyl (C=O) groups excluding carboxylic acids is 1. The molecule has 0 radical (unpaired) electrons. The fraction of sp³-hybridized carbons (Fsp3) is 0.231. The average molecular weight is 482 g/mol. The van der Waals surface area contributed by atoms with Crippen LogP contribution in [-0.4, -0.2) is 46.6 Å². The van der Waals surface area contributed by atoms with Crippen LogP contribution in [0.15, 0.2) is 66.7 Å². The summed E-state index contributed by atoms with van der Waals surface area (Å²) >= 11 is 6.05. The smallest absolute Gasteiger partial charge is 0.407 e. The van der Waals surface area contributed by atoms with Crippen LogP contribution >= 0.6 is 11.6 Å². The molecule has 7 nitrogen and oxygen atoms in total. The molecule has 0 spiro atoms. The van der Waals surface area contributed by atoms with Crippen molar-refractivity contribution in [2.45, 2.75) is 24.5 Å². The molecule has 1 amide bonds. The summed E-state index contributed by atoms with van der Waals surface area (Å²) in [6, 6.07) is 20.0. The van der Waals surface area contributed by atoms with E-state index in [2.05, 4.69) is 17.4 Å². The Morgan fingerprint density at radius 3 is 2.18 bits per heavy atom. The Morgan fingerprint density at radius 2 is 1.59 bits per heavy atom. The van der Waals surface area contributed by atoms with Crippen LogP contribution in [0.2, 0.25) is 5.02 Å². The normalized spacial score (nSPS) is 14.1. The molecular formula is C26H24ClNO6. The van der Waals surface area contributed by atoms with Crippen molar-refractivity contribution < 1.29 is 29.6 Å². The number of halogens is 1. The quantitative estimate of drug-likeness (QED) is 0.380. The first kappa shape index (κ1) is 23.8. The molecule has 0 saturated carbocycles. The fourth-order valence-corrected chi connectivity index (χ4v) is 4.53. The molecule has 3 aromatic carbocycles. The molecule has 0 saturated heterocycles. The van der Waals surface area contributed by atoms with Crippen LogP contribution < -0.4 is 5.32 Å². The van der Waals surface area contributed by atoms with Gasteiger partial charge in [0.1, 0.15) is 12.7 Å². The molecule has 4 rings (SSSR count). The van der Waals surface area contributed by atoms with Crippen molar-refractivity contribution in [3.63, 3.8) is 0 Å². The van der Waals surface area contributed by atoms with Crippen molar-refractivity contribution in [2.75, 3.05) is 13.2 Å². The van der Waals surface area contributed by atoms with Gasteiger partial charge >= 0.3 is 12.1 Å². The molecule has 0 aliphatic heterocycles. The molecular weight excluding hydrogens is 458 g/mol. The number of benzene rings is 3. The first-order chi connectivity index (χ1) is 16.4. The number of carboxylic acids is 1. The number of aliphatic hydroxyl groups is 2. The number of hydrogen-bond donors (Lipinski definition) is 4. The Balaban J connectivity index is 1.28. The molecule has 3 aromatic rings. The maximum absolute atomic E-state index is 12.2. The molecule has 4 N–H and O–H groups in total. The maximum atomic E-state index is 12.2. The second-order valence-electron chi connectivity index (χ2n) is 8.09. The molecule has 2 atom stereocenters. The van der Waals surface area contributed by atoms with Gasteiger partial charge in [-0.15, -0.1) is 0 Å². The van der Waals surface area contributed by atoms with E-state index in [0.717, 1.165) is 22.3 Å². The highest BCUT2D eigenvalue weighted by atomic mass is 35.5. The summed E-state index contributed by atoms with van der Waals surface area (Å²) in [5, 5.41) is 32.3. The lowest BCUT2D eigenvalue weighted by atomic mass is 9.98. The monoisotopic (exact) mass is 481 g/mol. The molecule has 1 aliphatic carbocycles. The van der Waals surface area contributed by atoms with Crippen LogP contribution in [-0.2, 0) is 4.74 Å². The lowest BCUT2D eigenvalue weighted by molar-refractivity contribution is 0.0137. The number of ether oxygens (including phenoxy) is 1. The lowest BCUT2D eigenvalue weighted by Gasteiger charge is -2.20. The van der Waals surface area contributed by atoms with Gasteiger partial charge in [0.25, 0.3) is 0 Å². The molecule has 0 bridgehead atoms. The first-order valence-electron chi connectivity index (χ1n) is 10.8. The average Bonchev–Trinajstić information content (AvgIpc) is 3.16. The number of carboxylic acid groups (broad SMARTS) is 1. The summed E-state index contributed by atoms with van der Waals surface area (Å²) < 4.78 is 5.45. The fourth-order valence-electron chi connectivity index (χ4n) is 4.24. The molecule has 8 heteroatoms. The third-order valence-corrected chi connectivity index (χ3v) is 6.31. The number of rotatable bonds is 8. The molecule has 176 valence electrons. The zero-order valence-electron chi connectivity index (χ0n) is 18.1. The minimum absolute atomic E-state index is 0.0210. The van der Waals surface area contributed by atoms with Crippen molar-refractivity contribution in [2.24, 2.45) is 0 Å². The number of fused-ring (bicyclic) bond motifs is 3. The number of alkyl carbamates (subject to hydrolysis) is 1. The van der Waals surface area contributed by atoms with E-state index in [1.54, 1.807) is 0 Å². The van der Waals surface area contributed by atoms with Crippen molar-refractivity contribution in [3.8, 4) is 11.1 Å². The van der Waals surface area contributed by atoms with E-state index in [1.807, 2.05) is 36.4 Å². The summed E-state index contributed by atoms with van der Waals surface area (Å²) in [6.07, 6.45) is -3.13. The Labute approximate surface area is 201 Å². The van der Waals surface area contributed by atoms with Crippen LogP contribution in [0.3, 0.4) is 0 Å².